The van der Waals surface area contributed by atoms with Crippen LogP contribution in [0.1, 0.15) is 24.9 Å². The Kier molecular flexibility index (Phi) is 7.27. The highest BCUT2D eigenvalue weighted by Gasteiger charge is 2.31. The standard InChI is InChI=1S/C27H27N5O5/c1-2-35-27(34)37-22-13-20(14-28-22)32-15-21(19-11-7-4-8-12-19)23-24(29-17-30-25(23)32)31-26(33)36-16-18-9-5-3-6-10-18/h3-12,15,17,20,22,28H,2,13-14,16H2,1H3,(H,29,30,31,33)/t20-,22+/m0/s1. The first-order chi connectivity index (χ1) is 18.1. The van der Waals surface area contributed by atoms with Gasteiger partial charge in [0.25, 0.3) is 0 Å². The number of ether oxygens (including phenoxy) is 3. The number of rotatable bonds is 7. The van der Waals surface area contributed by atoms with Gasteiger partial charge in [-0.1, -0.05) is 60.7 Å². The molecule has 2 atom stereocenters. The van der Waals surface area contributed by atoms with E-state index >= 15 is 0 Å². The number of hydrogen-bond donors (Lipinski definition) is 2. The molecule has 4 aromatic rings. The molecule has 1 aliphatic heterocycles. The third-order valence-electron chi connectivity index (χ3n) is 6.09. The second-order valence-corrected chi connectivity index (χ2v) is 8.51. The molecule has 3 heterocycles. The number of nitrogens with zero attached hydrogens (tertiary/aromatic N) is 3. The van der Waals surface area contributed by atoms with Crippen molar-refractivity contribution in [2.24, 2.45) is 0 Å². The number of aromatic nitrogens is 3. The van der Waals surface area contributed by atoms with Crippen molar-refractivity contribution in [3.8, 4) is 11.1 Å². The first kappa shape index (κ1) is 24.3. The fourth-order valence-electron chi connectivity index (χ4n) is 4.40. The summed E-state index contributed by atoms with van der Waals surface area (Å²) in [5, 5.41) is 6.70. The predicted molar refractivity (Wildman–Crippen MR) is 137 cm³/mol. The van der Waals surface area contributed by atoms with Gasteiger partial charge in [-0.05, 0) is 18.1 Å². The van der Waals surface area contributed by atoms with Crippen LogP contribution in [0.2, 0.25) is 0 Å². The molecule has 2 aromatic carbocycles. The number of nitrogens with one attached hydrogen (secondary N) is 2. The van der Waals surface area contributed by atoms with Gasteiger partial charge in [0.2, 0.25) is 0 Å². The van der Waals surface area contributed by atoms with Crippen molar-refractivity contribution in [1.82, 2.24) is 19.9 Å². The molecule has 0 aliphatic carbocycles. The number of anilines is 1. The normalized spacial score (nSPS) is 16.9. The number of carbonyl (C=O) groups excluding carboxylic acids is 2. The van der Waals surface area contributed by atoms with Crippen LogP contribution in [0.25, 0.3) is 22.2 Å². The van der Waals surface area contributed by atoms with E-state index in [0.717, 1.165) is 16.7 Å². The van der Waals surface area contributed by atoms with Crippen LogP contribution < -0.4 is 10.6 Å². The second kappa shape index (κ2) is 11.1. The molecule has 1 fully saturated rings. The molecule has 2 aromatic heterocycles. The van der Waals surface area contributed by atoms with Crippen molar-refractivity contribution in [1.29, 1.82) is 0 Å². The SMILES string of the molecule is CCOC(=O)O[C@@H]1C[C@H](n2cc(-c3ccccc3)c3c(NC(=O)OCc4ccccc4)ncnc32)CN1. The van der Waals surface area contributed by atoms with Gasteiger partial charge in [-0.15, -0.1) is 0 Å². The lowest BCUT2D eigenvalue weighted by atomic mass is 10.1. The largest absolute Gasteiger partial charge is 0.509 e. The molecule has 1 aliphatic rings. The maximum atomic E-state index is 12.7. The summed E-state index contributed by atoms with van der Waals surface area (Å²) in [5.41, 5.74) is 3.35. The maximum absolute atomic E-state index is 12.7. The quantitative estimate of drug-likeness (QED) is 0.344. The zero-order valence-corrected chi connectivity index (χ0v) is 20.3. The summed E-state index contributed by atoms with van der Waals surface area (Å²) in [5.74, 6) is 0.353. The van der Waals surface area contributed by atoms with Gasteiger partial charge in [-0.2, -0.15) is 0 Å². The Hall–Kier alpha value is -4.44. The summed E-state index contributed by atoms with van der Waals surface area (Å²) in [6, 6.07) is 19.2. The molecule has 10 heteroatoms. The van der Waals surface area contributed by atoms with Gasteiger partial charge in [0.15, 0.2) is 6.23 Å². The van der Waals surface area contributed by atoms with Crippen LogP contribution >= 0.6 is 0 Å². The van der Waals surface area contributed by atoms with Crippen molar-refractivity contribution in [2.45, 2.75) is 32.2 Å². The molecule has 0 spiro atoms. The molecule has 0 unspecified atom stereocenters. The fraction of sp³-hybridized carbons (Fsp3) is 0.259. The molecule has 1 saturated heterocycles. The Bertz CT molecular complexity index is 1380. The van der Waals surface area contributed by atoms with Gasteiger partial charge < -0.3 is 18.8 Å². The van der Waals surface area contributed by atoms with Crippen molar-refractivity contribution >= 4 is 29.1 Å². The Morgan fingerprint density at radius 3 is 2.57 bits per heavy atom. The number of amides is 1. The number of hydrogen-bond acceptors (Lipinski definition) is 8. The van der Waals surface area contributed by atoms with Crippen molar-refractivity contribution < 1.29 is 23.8 Å². The number of carbonyl (C=O) groups is 2. The summed E-state index contributed by atoms with van der Waals surface area (Å²) >= 11 is 0. The van der Waals surface area contributed by atoms with Crippen molar-refractivity contribution in [2.75, 3.05) is 18.5 Å². The van der Waals surface area contributed by atoms with E-state index in [1.165, 1.54) is 6.33 Å². The van der Waals surface area contributed by atoms with Gasteiger partial charge >= 0.3 is 12.2 Å². The Labute approximate surface area is 213 Å². The van der Waals surface area contributed by atoms with Gasteiger partial charge in [0, 0.05) is 24.7 Å². The molecule has 0 saturated carbocycles. The summed E-state index contributed by atoms with van der Waals surface area (Å²) in [6.07, 6.45) is 2.15. The molecule has 10 nitrogen and oxygen atoms in total. The number of fused-ring (bicyclic) bond motifs is 1. The Morgan fingerprint density at radius 2 is 1.81 bits per heavy atom. The first-order valence-electron chi connectivity index (χ1n) is 12.1. The Balaban J connectivity index is 1.43. The molecule has 37 heavy (non-hydrogen) atoms. The molecule has 1 amide bonds. The monoisotopic (exact) mass is 501 g/mol. The topological polar surface area (TPSA) is 117 Å². The van der Waals surface area contributed by atoms with Gasteiger partial charge in [0.1, 0.15) is 24.4 Å². The van der Waals surface area contributed by atoms with Crippen LogP contribution in [-0.4, -0.2) is 46.2 Å². The van der Waals surface area contributed by atoms with Crippen LogP contribution in [0.4, 0.5) is 15.4 Å². The molecule has 5 rings (SSSR count). The van der Waals surface area contributed by atoms with E-state index < -0.39 is 18.5 Å². The summed E-state index contributed by atoms with van der Waals surface area (Å²) in [6.45, 7) is 2.68. The highest BCUT2D eigenvalue weighted by molar-refractivity contribution is 6.04. The zero-order valence-electron chi connectivity index (χ0n) is 20.3. The summed E-state index contributed by atoms with van der Waals surface area (Å²) in [4.78, 5) is 33.4. The number of benzene rings is 2. The third-order valence-corrected chi connectivity index (χ3v) is 6.09. The van der Waals surface area contributed by atoms with Crippen molar-refractivity contribution in [3.05, 3.63) is 78.8 Å². The van der Waals surface area contributed by atoms with E-state index in [1.54, 1.807) is 6.92 Å². The third kappa shape index (κ3) is 5.54. The molecular weight excluding hydrogens is 474 g/mol. The van der Waals surface area contributed by atoms with Crippen LogP contribution in [0.15, 0.2) is 73.2 Å². The van der Waals surface area contributed by atoms with Gasteiger partial charge in [0.05, 0.1) is 18.0 Å². The van der Waals surface area contributed by atoms with E-state index in [2.05, 4.69) is 20.6 Å². The zero-order chi connectivity index (χ0) is 25.6. The summed E-state index contributed by atoms with van der Waals surface area (Å²) in [7, 11) is 0. The highest BCUT2D eigenvalue weighted by atomic mass is 16.7. The van der Waals surface area contributed by atoms with Gasteiger partial charge in [-0.3, -0.25) is 10.6 Å². The lowest BCUT2D eigenvalue weighted by Crippen LogP contribution is -2.27. The van der Waals surface area contributed by atoms with E-state index in [-0.39, 0.29) is 19.3 Å². The van der Waals surface area contributed by atoms with Crippen LogP contribution in [-0.2, 0) is 20.8 Å². The van der Waals surface area contributed by atoms with E-state index in [9.17, 15) is 9.59 Å². The van der Waals surface area contributed by atoms with E-state index in [0.29, 0.717) is 29.8 Å². The second-order valence-electron chi connectivity index (χ2n) is 8.51. The molecule has 0 bridgehead atoms. The maximum Gasteiger partial charge on any atom is 0.509 e. The fourth-order valence-corrected chi connectivity index (χ4v) is 4.40. The average molecular weight is 502 g/mol. The Morgan fingerprint density at radius 1 is 1.05 bits per heavy atom. The lowest BCUT2D eigenvalue weighted by Gasteiger charge is -2.13. The summed E-state index contributed by atoms with van der Waals surface area (Å²) < 4.78 is 17.7. The minimum absolute atomic E-state index is 0.0489. The van der Waals surface area contributed by atoms with Crippen LogP contribution in [0.5, 0.6) is 0 Å². The average Bonchev–Trinajstić information content (AvgIpc) is 3.54. The molecule has 190 valence electrons. The predicted octanol–water partition coefficient (Wildman–Crippen LogP) is 4.88. The first-order valence-corrected chi connectivity index (χ1v) is 12.1. The minimum atomic E-state index is -0.703. The van der Waals surface area contributed by atoms with Crippen LogP contribution in [0, 0.1) is 0 Å². The smallest absolute Gasteiger partial charge is 0.444 e. The lowest BCUT2D eigenvalue weighted by molar-refractivity contribution is 0.0205. The minimum Gasteiger partial charge on any atom is -0.444 e. The van der Waals surface area contributed by atoms with Crippen molar-refractivity contribution in [3.63, 3.8) is 0 Å². The van der Waals surface area contributed by atoms with Gasteiger partial charge in [-0.25, -0.2) is 19.6 Å². The highest BCUT2D eigenvalue weighted by Crippen LogP contribution is 2.37. The van der Waals surface area contributed by atoms with Crippen LogP contribution in [0.3, 0.4) is 0 Å². The van der Waals surface area contributed by atoms with E-state index in [1.807, 2.05) is 71.4 Å². The molecule has 2 N–H and O–H groups in total. The molecular formula is C27H27N5O5. The van der Waals surface area contributed by atoms with E-state index in [4.69, 9.17) is 14.2 Å². The molecule has 0 radical (unpaired) electrons.